The minimum Gasteiger partial charge on any atom is -0.492 e. The summed E-state index contributed by atoms with van der Waals surface area (Å²) in [4.78, 5) is 12.2. The van der Waals surface area contributed by atoms with Crippen LogP contribution in [-0.4, -0.2) is 36.5 Å². The van der Waals surface area contributed by atoms with E-state index >= 15 is 0 Å². The first kappa shape index (κ1) is 29.1. The predicted molar refractivity (Wildman–Crippen MR) is 157 cm³/mol. The van der Waals surface area contributed by atoms with E-state index in [0.717, 1.165) is 33.7 Å². The van der Waals surface area contributed by atoms with Crippen molar-refractivity contribution in [1.29, 1.82) is 0 Å². The SMILES string of the molecule is CCOC(=O)C(Cc1ccc(OCCn2c(C(C)C)cc(-c3ccccc3)c2-c2ccc(F)cc2)cc1)OCC. The molecule has 0 spiro atoms. The molecule has 4 aromatic rings. The van der Waals surface area contributed by atoms with E-state index in [1.165, 1.54) is 17.8 Å². The first-order valence-electron chi connectivity index (χ1n) is 14.0. The van der Waals surface area contributed by atoms with Crippen molar-refractivity contribution in [3.8, 4) is 28.1 Å². The summed E-state index contributed by atoms with van der Waals surface area (Å²) in [5, 5.41) is 0. The van der Waals surface area contributed by atoms with E-state index in [1.54, 1.807) is 6.92 Å². The van der Waals surface area contributed by atoms with Crippen molar-refractivity contribution >= 4 is 5.97 Å². The van der Waals surface area contributed by atoms with Gasteiger partial charge in [0.1, 0.15) is 18.2 Å². The molecule has 0 saturated carbocycles. The van der Waals surface area contributed by atoms with Crippen LogP contribution < -0.4 is 4.74 Å². The summed E-state index contributed by atoms with van der Waals surface area (Å²) in [6, 6.07) is 26.9. The van der Waals surface area contributed by atoms with Crippen molar-refractivity contribution < 1.29 is 23.4 Å². The minimum atomic E-state index is -0.622. The van der Waals surface area contributed by atoms with Crippen LogP contribution in [0, 0.1) is 5.82 Å². The van der Waals surface area contributed by atoms with Crippen LogP contribution in [-0.2, 0) is 27.2 Å². The topological polar surface area (TPSA) is 49.7 Å². The van der Waals surface area contributed by atoms with E-state index in [4.69, 9.17) is 14.2 Å². The van der Waals surface area contributed by atoms with E-state index in [0.29, 0.717) is 32.8 Å². The van der Waals surface area contributed by atoms with Crippen LogP contribution in [0.4, 0.5) is 4.39 Å². The van der Waals surface area contributed by atoms with Gasteiger partial charge >= 0.3 is 5.97 Å². The number of nitrogens with zero attached hydrogens (tertiary/aromatic N) is 1. The Kier molecular flexibility index (Phi) is 10.1. The van der Waals surface area contributed by atoms with Gasteiger partial charge < -0.3 is 18.8 Å². The van der Waals surface area contributed by atoms with Gasteiger partial charge in [-0.2, -0.15) is 0 Å². The Labute approximate surface area is 236 Å². The number of halogens is 1. The van der Waals surface area contributed by atoms with Gasteiger partial charge in [-0.25, -0.2) is 9.18 Å². The fourth-order valence-corrected chi connectivity index (χ4v) is 4.88. The van der Waals surface area contributed by atoms with E-state index in [2.05, 4.69) is 36.6 Å². The summed E-state index contributed by atoms with van der Waals surface area (Å²) >= 11 is 0. The molecule has 1 aromatic heterocycles. The van der Waals surface area contributed by atoms with Gasteiger partial charge in [-0.3, -0.25) is 0 Å². The number of carbonyl (C=O) groups excluding carboxylic acids is 1. The van der Waals surface area contributed by atoms with Crippen LogP contribution >= 0.6 is 0 Å². The molecule has 0 fully saturated rings. The Morgan fingerprint density at radius 2 is 1.57 bits per heavy atom. The molecule has 40 heavy (non-hydrogen) atoms. The summed E-state index contributed by atoms with van der Waals surface area (Å²) in [7, 11) is 0. The number of ether oxygens (including phenoxy) is 3. The van der Waals surface area contributed by atoms with E-state index in [9.17, 15) is 9.18 Å². The van der Waals surface area contributed by atoms with E-state index < -0.39 is 6.10 Å². The molecule has 0 N–H and O–H groups in total. The molecule has 0 radical (unpaired) electrons. The molecular formula is C34H38FNO4. The zero-order chi connectivity index (χ0) is 28.5. The van der Waals surface area contributed by atoms with Crippen LogP contribution in [0.15, 0.2) is 84.9 Å². The molecule has 1 heterocycles. The maximum atomic E-state index is 13.8. The lowest BCUT2D eigenvalue weighted by Crippen LogP contribution is -2.28. The van der Waals surface area contributed by atoms with Crippen LogP contribution in [0.2, 0.25) is 0 Å². The zero-order valence-corrected chi connectivity index (χ0v) is 23.7. The van der Waals surface area contributed by atoms with Gasteiger partial charge in [0.15, 0.2) is 6.10 Å². The molecule has 4 rings (SSSR count). The molecule has 6 heteroatoms. The molecule has 0 aliphatic heterocycles. The summed E-state index contributed by atoms with van der Waals surface area (Å²) in [6.45, 7) is 9.86. The molecule has 0 bridgehead atoms. The normalized spacial score (nSPS) is 11.9. The first-order chi connectivity index (χ1) is 19.4. The molecule has 5 nitrogen and oxygen atoms in total. The lowest BCUT2D eigenvalue weighted by atomic mass is 10.0. The predicted octanol–water partition coefficient (Wildman–Crippen LogP) is 7.67. The van der Waals surface area contributed by atoms with Gasteiger partial charge in [0.2, 0.25) is 0 Å². The lowest BCUT2D eigenvalue weighted by molar-refractivity contribution is -0.156. The molecule has 1 atom stereocenters. The highest BCUT2D eigenvalue weighted by Gasteiger charge is 2.21. The molecular weight excluding hydrogens is 505 g/mol. The third-order valence-electron chi connectivity index (χ3n) is 6.77. The number of benzene rings is 3. The van der Waals surface area contributed by atoms with Crippen molar-refractivity contribution in [3.05, 3.63) is 102 Å². The molecule has 1 unspecified atom stereocenters. The zero-order valence-electron chi connectivity index (χ0n) is 23.7. The van der Waals surface area contributed by atoms with Crippen molar-refractivity contribution in [3.63, 3.8) is 0 Å². The molecule has 0 amide bonds. The number of aromatic nitrogens is 1. The highest BCUT2D eigenvalue weighted by atomic mass is 19.1. The van der Waals surface area contributed by atoms with Crippen molar-refractivity contribution in [2.45, 2.75) is 52.7 Å². The second-order valence-corrected chi connectivity index (χ2v) is 9.90. The average molecular weight is 544 g/mol. The first-order valence-corrected chi connectivity index (χ1v) is 14.0. The maximum Gasteiger partial charge on any atom is 0.335 e. The molecule has 3 aromatic carbocycles. The summed E-state index contributed by atoms with van der Waals surface area (Å²) < 4.78 is 33.0. The van der Waals surface area contributed by atoms with Gasteiger partial charge in [0.05, 0.1) is 18.8 Å². The average Bonchev–Trinajstić information content (AvgIpc) is 3.34. The van der Waals surface area contributed by atoms with E-state index in [1.807, 2.05) is 61.5 Å². The van der Waals surface area contributed by atoms with Gasteiger partial charge in [-0.1, -0.05) is 56.3 Å². The second-order valence-electron chi connectivity index (χ2n) is 9.90. The van der Waals surface area contributed by atoms with Crippen LogP contribution in [0.1, 0.15) is 44.9 Å². The third kappa shape index (κ3) is 7.19. The Hall–Kier alpha value is -3.90. The number of hydrogen-bond donors (Lipinski definition) is 0. The van der Waals surface area contributed by atoms with E-state index in [-0.39, 0.29) is 17.7 Å². The number of rotatable bonds is 13. The Morgan fingerprint density at radius 1 is 0.875 bits per heavy atom. The fraction of sp³-hybridized carbons (Fsp3) is 0.324. The van der Waals surface area contributed by atoms with Gasteiger partial charge in [-0.15, -0.1) is 0 Å². The Balaban J connectivity index is 1.54. The minimum absolute atomic E-state index is 0.256. The number of carbonyl (C=O) groups is 1. The monoisotopic (exact) mass is 543 g/mol. The van der Waals surface area contributed by atoms with Crippen LogP contribution in [0.3, 0.4) is 0 Å². The maximum absolute atomic E-state index is 13.8. The van der Waals surface area contributed by atoms with Crippen molar-refractivity contribution in [2.75, 3.05) is 19.8 Å². The Bertz CT molecular complexity index is 1360. The lowest BCUT2D eigenvalue weighted by Gasteiger charge is -2.18. The van der Waals surface area contributed by atoms with Crippen LogP contribution in [0.25, 0.3) is 22.4 Å². The van der Waals surface area contributed by atoms with Gasteiger partial charge in [0.25, 0.3) is 0 Å². The highest BCUT2D eigenvalue weighted by molar-refractivity contribution is 5.83. The van der Waals surface area contributed by atoms with Crippen LogP contribution in [0.5, 0.6) is 5.75 Å². The molecule has 0 saturated heterocycles. The molecule has 210 valence electrons. The summed E-state index contributed by atoms with van der Waals surface area (Å²) in [5.41, 5.74) is 6.41. The fourth-order valence-electron chi connectivity index (χ4n) is 4.88. The molecule has 0 aliphatic carbocycles. The Morgan fingerprint density at radius 3 is 2.20 bits per heavy atom. The van der Waals surface area contributed by atoms with Gasteiger partial charge in [-0.05, 0) is 78.9 Å². The third-order valence-corrected chi connectivity index (χ3v) is 6.77. The number of hydrogen-bond acceptors (Lipinski definition) is 4. The summed E-state index contributed by atoms with van der Waals surface area (Å²) in [5.74, 6) is 0.435. The quantitative estimate of drug-likeness (QED) is 0.162. The van der Waals surface area contributed by atoms with Crippen molar-refractivity contribution in [2.24, 2.45) is 0 Å². The van der Waals surface area contributed by atoms with Gasteiger partial charge in [0, 0.05) is 24.3 Å². The smallest absolute Gasteiger partial charge is 0.335 e. The largest absolute Gasteiger partial charge is 0.492 e. The standard InChI is InChI=1S/C34H38FNO4/c1-5-38-32(34(37)39-6-2)22-25-12-18-29(19-13-25)40-21-20-36-31(24(3)4)23-30(26-10-8-7-9-11-26)33(36)27-14-16-28(35)17-15-27/h7-19,23-24,32H,5-6,20-22H2,1-4H3. The summed E-state index contributed by atoms with van der Waals surface area (Å²) in [6.07, 6.45) is -0.180. The second kappa shape index (κ2) is 13.9. The molecule has 0 aliphatic rings. The highest BCUT2D eigenvalue weighted by Crippen LogP contribution is 2.37. The van der Waals surface area contributed by atoms with Crippen molar-refractivity contribution in [1.82, 2.24) is 4.57 Å². The number of esters is 1.